The van der Waals surface area contributed by atoms with Crippen molar-refractivity contribution in [3.8, 4) is 0 Å². The highest BCUT2D eigenvalue weighted by molar-refractivity contribution is 5.80. The number of nitrogens with one attached hydrogen (secondary N) is 1. The van der Waals surface area contributed by atoms with Crippen molar-refractivity contribution in [1.29, 1.82) is 0 Å². The third-order valence-corrected chi connectivity index (χ3v) is 2.11. The number of carbonyl (C=O) groups excluding carboxylic acids is 1. The Morgan fingerprint density at radius 3 is 2.21 bits per heavy atom. The van der Waals surface area contributed by atoms with E-state index < -0.39 is 0 Å². The highest BCUT2D eigenvalue weighted by atomic mass is 16.1. The van der Waals surface area contributed by atoms with Crippen molar-refractivity contribution in [2.45, 2.75) is 34.6 Å². The topological polar surface area (TPSA) is 29.1 Å². The quantitative estimate of drug-likeness (QED) is 0.674. The van der Waals surface area contributed by atoms with Crippen LogP contribution in [0.5, 0.6) is 0 Å². The second kappa shape index (κ2) is 6.63. The Morgan fingerprint density at radius 2 is 1.86 bits per heavy atom. The molecule has 0 aliphatic heterocycles. The van der Waals surface area contributed by atoms with Crippen LogP contribution in [-0.2, 0) is 4.79 Å². The van der Waals surface area contributed by atoms with Gasteiger partial charge in [0.15, 0.2) is 0 Å². The third-order valence-electron chi connectivity index (χ3n) is 2.11. The average molecular weight is 197 g/mol. The molecule has 0 saturated carbocycles. The van der Waals surface area contributed by atoms with Crippen molar-refractivity contribution in [3.05, 3.63) is 12.2 Å². The fraction of sp³-hybridized carbons (Fsp3) is 0.750. The lowest BCUT2D eigenvalue weighted by molar-refractivity contribution is -0.124. The number of carbonyl (C=O) groups is 1. The summed E-state index contributed by atoms with van der Waals surface area (Å²) in [6, 6.07) is 0. The van der Waals surface area contributed by atoms with Crippen molar-refractivity contribution >= 4 is 5.91 Å². The van der Waals surface area contributed by atoms with Gasteiger partial charge in [-0.25, -0.2) is 0 Å². The molecular weight excluding hydrogens is 174 g/mol. The SMILES string of the molecule is CC=CC(C(=O)NCC(C)C)C(C)C. The fourth-order valence-electron chi connectivity index (χ4n) is 1.24. The molecule has 0 saturated heterocycles. The molecule has 0 aliphatic rings. The molecule has 0 fully saturated rings. The molecule has 1 unspecified atom stereocenters. The molecule has 0 aromatic carbocycles. The van der Waals surface area contributed by atoms with Crippen LogP contribution in [0.1, 0.15) is 34.6 Å². The smallest absolute Gasteiger partial charge is 0.227 e. The lowest BCUT2D eigenvalue weighted by Gasteiger charge is -2.17. The van der Waals surface area contributed by atoms with Gasteiger partial charge in [0.05, 0.1) is 5.92 Å². The standard InChI is InChI=1S/C12H23NO/c1-6-7-11(10(4)5)12(14)13-8-9(2)3/h6-7,9-11H,8H2,1-5H3,(H,13,14). The maximum Gasteiger partial charge on any atom is 0.227 e. The maximum absolute atomic E-state index is 11.7. The van der Waals surface area contributed by atoms with Crippen LogP contribution in [0.15, 0.2) is 12.2 Å². The third kappa shape index (κ3) is 5.05. The molecule has 1 amide bonds. The molecule has 1 N–H and O–H groups in total. The summed E-state index contributed by atoms with van der Waals surface area (Å²) in [5.41, 5.74) is 0. The zero-order valence-corrected chi connectivity index (χ0v) is 10.0. The second-order valence-corrected chi connectivity index (χ2v) is 4.43. The Bertz CT molecular complexity index is 194. The van der Waals surface area contributed by atoms with E-state index in [0.29, 0.717) is 11.8 Å². The van der Waals surface area contributed by atoms with Gasteiger partial charge in [-0.3, -0.25) is 4.79 Å². The van der Waals surface area contributed by atoms with Gasteiger partial charge >= 0.3 is 0 Å². The van der Waals surface area contributed by atoms with Crippen LogP contribution < -0.4 is 5.32 Å². The van der Waals surface area contributed by atoms with Gasteiger partial charge < -0.3 is 5.32 Å². The number of rotatable bonds is 5. The van der Waals surface area contributed by atoms with Crippen LogP contribution in [0.25, 0.3) is 0 Å². The molecule has 0 bridgehead atoms. The summed E-state index contributed by atoms with van der Waals surface area (Å²) in [5.74, 6) is 1.03. The highest BCUT2D eigenvalue weighted by Gasteiger charge is 2.18. The largest absolute Gasteiger partial charge is 0.355 e. The van der Waals surface area contributed by atoms with Crippen molar-refractivity contribution < 1.29 is 4.79 Å². The normalized spacial score (nSPS) is 13.9. The van der Waals surface area contributed by atoms with E-state index in [4.69, 9.17) is 0 Å². The van der Waals surface area contributed by atoms with Crippen LogP contribution in [-0.4, -0.2) is 12.5 Å². The molecule has 2 heteroatoms. The molecule has 0 spiro atoms. The van der Waals surface area contributed by atoms with Crippen LogP contribution in [0.2, 0.25) is 0 Å². The molecule has 0 heterocycles. The number of hydrogen-bond donors (Lipinski definition) is 1. The van der Waals surface area contributed by atoms with E-state index in [1.54, 1.807) is 0 Å². The van der Waals surface area contributed by atoms with E-state index in [2.05, 4.69) is 33.0 Å². The van der Waals surface area contributed by atoms with Crippen molar-refractivity contribution in [3.63, 3.8) is 0 Å². The first kappa shape index (κ1) is 13.2. The Labute approximate surface area is 87.8 Å². The van der Waals surface area contributed by atoms with E-state index in [1.165, 1.54) is 0 Å². The molecule has 0 rings (SSSR count). The Hall–Kier alpha value is -0.790. The zero-order valence-electron chi connectivity index (χ0n) is 10.0. The van der Waals surface area contributed by atoms with Crippen LogP contribution in [0, 0.1) is 17.8 Å². The molecule has 0 radical (unpaired) electrons. The van der Waals surface area contributed by atoms with Gasteiger partial charge in [0.1, 0.15) is 0 Å². The van der Waals surface area contributed by atoms with Gasteiger partial charge in [0.25, 0.3) is 0 Å². The maximum atomic E-state index is 11.7. The van der Waals surface area contributed by atoms with Crippen LogP contribution >= 0.6 is 0 Å². The van der Waals surface area contributed by atoms with Gasteiger partial charge in [-0.2, -0.15) is 0 Å². The Kier molecular flexibility index (Phi) is 6.26. The molecule has 14 heavy (non-hydrogen) atoms. The number of amides is 1. The summed E-state index contributed by atoms with van der Waals surface area (Å²) < 4.78 is 0. The van der Waals surface area contributed by atoms with E-state index in [0.717, 1.165) is 6.54 Å². The van der Waals surface area contributed by atoms with E-state index in [-0.39, 0.29) is 11.8 Å². The van der Waals surface area contributed by atoms with Crippen molar-refractivity contribution in [1.82, 2.24) is 5.32 Å². The lowest BCUT2D eigenvalue weighted by atomic mass is 9.94. The number of allylic oxidation sites excluding steroid dienone is 1. The summed E-state index contributed by atoms with van der Waals surface area (Å²) in [7, 11) is 0. The lowest BCUT2D eigenvalue weighted by Crippen LogP contribution is -2.34. The van der Waals surface area contributed by atoms with Crippen molar-refractivity contribution in [2.75, 3.05) is 6.54 Å². The summed E-state index contributed by atoms with van der Waals surface area (Å²) in [5, 5.41) is 2.96. The minimum atomic E-state index is 0.0127. The van der Waals surface area contributed by atoms with Gasteiger partial charge in [-0.15, -0.1) is 0 Å². The Morgan fingerprint density at radius 1 is 1.29 bits per heavy atom. The molecular formula is C12H23NO. The summed E-state index contributed by atoms with van der Waals surface area (Å²) in [6.45, 7) is 11.0. The predicted molar refractivity (Wildman–Crippen MR) is 61.0 cm³/mol. The van der Waals surface area contributed by atoms with Crippen LogP contribution in [0.3, 0.4) is 0 Å². The predicted octanol–water partition coefficient (Wildman–Crippen LogP) is 2.61. The first-order valence-electron chi connectivity index (χ1n) is 5.39. The molecule has 0 aromatic rings. The molecule has 82 valence electrons. The molecule has 0 aromatic heterocycles. The second-order valence-electron chi connectivity index (χ2n) is 4.43. The molecule has 2 nitrogen and oxygen atoms in total. The zero-order chi connectivity index (χ0) is 11.1. The minimum Gasteiger partial charge on any atom is -0.355 e. The van der Waals surface area contributed by atoms with Crippen molar-refractivity contribution in [2.24, 2.45) is 17.8 Å². The van der Waals surface area contributed by atoms with Gasteiger partial charge in [-0.1, -0.05) is 39.8 Å². The summed E-state index contributed by atoms with van der Waals surface area (Å²) >= 11 is 0. The average Bonchev–Trinajstić information content (AvgIpc) is 2.09. The minimum absolute atomic E-state index is 0.0127. The summed E-state index contributed by atoms with van der Waals surface area (Å²) in [4.78, 5) is 11.7. The van der Waals surface area contributed by atoms with E-state index in [1.807, 2.05) is 19.1 Å². The van der Waals surface area contributed by atoms with E-state index in [9.17, 15) is 4.79 Å². The van der Waals surface area contributed by atoms with Crippen LogP contribution in [0.4, 0.5) is 0 Å². The van der Waals surface area contributed by atoms with Gasteiger partial charge in [-0.05, 0) is 18.8 Å². The van der Waals surface area contributed by atoms with E-state index >= 15 is 0 Å². The summed E-state index contributed by atoms with van der Waals surface area (Å²) in [6.07, 6.45) is 3.92. The molecule has 0 aliphatic carbocycles. The highest BCUT2D eigenvalue weighted by Crippen LogP contribution is 2.12. The first-order valence-corrected chi connectivity index (χ1v) is 5.39. The first-order chi connectivity index (χ1) is 6.49. The number of hydrogen-bond acceptors (Lipinski definition) is 1. The van der Waals surface area contributed by atoms with Gasteiger partial charge in [0, 0.05) is 6.54 Å². The molecule has 1 atom stereocenters. The van der Waals surface area contributed by atoms with Gasteiger partial charge in [0.2, 0.25) is 5.91 Å². The monoisotopic (exact) mass is 197 g/mol. The fourth-order valence-corrected chi connectivity index (χ4v) is 1.24. The Balaban J connectivity index is 4.16.